The summed E-state index contributed by atoms with van der Waals surface area (Å²) in [6.45, 7) is 11.2. The third-order valence-corrected chi connectivity index (χ3v) is 10.2. The Morgan fingerprint density at radius 2 is 1.90 bits per heavy atom. The SMILES string of the molecule is C[C@H](CCCC(C)(C)O)[C@H]1CC[C@H]2[C@@H]3[C@@H](O)CC4=CC(=O)CC[C@]4(C)[C@H]3CC[C@]12C. The van der Waals surface area contributed by atoms with E-state index in [1.165, 1.54) is 37.7 Å². The summed E-state index contributed by atoms with van der Waals surface area (Å²) in [6, 6.07) is 0. The van der Waals surface area contributed by atoms with Crippen LogP contribution in [-0.2, 0) is 4.79 Å². The van der Waals surface area contributed by atoms with Crippen molar-refractivity contribution in [2.24, 2.45) is 40.4 Å². The molecule has 170 valence electrons. The van der Waals surface area contributed by atoms with Crippen LogP contribution in [0.2, 0.25) is 0 Å². The van der Waals surface area contributed by atoms with Crippen molar-refractivity contribution in [1.29, 1.82) is 0 Å². The molecular formula is C27H44O3. The van der Waals surface area contributed by atoms with Crippen molar-refractivity contribution in [3.8, 4) is 0 Å². The number of carbonyl (C=O) groups excluding carboxylic acids is 1. The molecule has 4 aliphatic rings. The third kappa shape index (κ3) is 3.72. The van der Waals surface area contributed by atoms with Crippen LogP contribution in [0.15, 0.2) is 11.6 Å². The van der Waals surface area contributed by atoms with Gasteiger partial charge in [-0.15, -0.1) is 0 Å². The average Bonchev–Trinajstić information content (AvgIpc) is 2.99. The van der Waals surface area contributed by atoms with Gasteiger partial charge in [0, 0.05) is 6.42 Å². The lowest BCUT2D eigenvalue weighted by molar-refractivity contribution is -0.124. The molecule has 30 heavy (non-hydrogen) atoms. The fraction of sp³-hybridized carbons (Fsp3) is 0.889. The van der Waals surface area contributed by atoms with Crippen LogP contribution in [0.4, 0.5) is 0 Å². The van der Waals surface area contributed by atoms with Gasteiger partial charge in [0.25, 0.3) is 0 Å². The van der Waals surface area contributed by atoms with Gasteiger partial charge in [0.2, 0.25) is 0 Å². The summed E-state index contributed by atoms with van der Waals surface area (Å²) < 4.78 is 0. The summed E-state index contributed by atoms with van der Waals surface area (Å²) in [4.78, 5) is 12.1. The average molecular weight is 417 g/mol. The molecular weight excluding hydrogens is 372 g/mol. The first-order valence-corrected chi connectivity index (χ1v) is 12.6. The first-order chi connectivity index (χ1) is 14.0. The summed E-state index contributed by atoms with van der Waals surface area (Å²) in [5, 5.41) is 21.4. The van der Waals surface area contributed by atoms with E-state index in [4.69, 9.17) is 0 Å². The summed E-state index contributed by atoms with van der Waals surface area (Å²) >= 11 is 0. The molecule has 0 heterocycles. The number of aliphatic hydroxyl groups is 2. The predicted octanol–water partition coefficient (Wildman–Crippen LogP) is 5.68. The lowest BCUT2D eigenvalue weighted by Crippen LogP contribution is -2.55. The molecule has 3 saturated carbocycles. The maximum Gasteiger partial charge on any atom is 0.155 e. The Kier molecular flexibility index (Phi) is 5.80. The molecule has 4 aliphatic carbocycles. The van der Waals surface area contributed by atoms with Gasteiger partial charge in [-0.25, -0.2) is 0 Å². The van der Waals surface area contributed by atoms with Gasteiger partial charge >= 0.3 is 0 Å². The Bertz CT molecular complexity index is 703. The predicted molar refractivity (Wildman–Crippen MR) is 121 cm³/mol. The van der Waals surface area contributed by atoms with Crippen molar-refractivity contribution in [3.05, 3.63) is 11.6 Å². The zero-order valence-electron chi connectivity index (χ0n) is 19.9. The summed E-state index contributed by atoms with van der Waals surface area (Å²) in [6.07, 6.45) is 12.1. The highest BCUT2D eigenvalue weighted by molar-refractivity contribution is 5.91. The molecule has 8 atom stereocenters. The highest BCUT2D eigenvalue weighted by Crippen LogP contribution is 2.67. The molecule has 0 bridgehead atoms. The van der Waals surface area contributed by atoms with Crippen LogP contribution in [0.5, 0.6) is 0 Å². The molecule has 0 radical (unpaired) electrons. The van der Waals surface area contributed by atoms with E-state index in [0.29, 0.717) is 41.9 Å². The molecule has 3 fully saturated rings. The molecule has 0 aromatic rings. The van der Waals surface area contributed by atoms with Crippen molar-refractivity contribution in [3.63, 3.8) is 0 Å². The Morgan fingerprint density at radius 1 is 1.17 bits per heavy atom. The van der Waals surface area contributed by atoms with Crippen molar-refractivity contribution in [2.45, 2.75) is 111 Å². The zero-order chi connectivity index (χ0) is 21.9. The van der Waals surface area contributed by atoms with Gasteiger partial charge in [-0.1, -0.05) is 39.2 Å². The Labute approximate surface area is 183 Å². The van der Waals surface area contributed by atoms with E-state index in [9.17, 15) is 15.0 Å². The van der Waals surface area contributed by atoms with Crippen LogP contribution >= 0.6 is 0 Å². The monoisotopic (exact) mass is 416 g/mol. The van der Waals surface area contributed by atoms with Gasteiger partial charge in [-0.05, 0) is 105 Å². The minimum Gasteiger partial charge on any atom is -0.392 e. The van der Waals surface area contributed by atoms with Crippen molar-refractivity contribution < 1.29 is 15.0 Å². The lowest BCUT2D eigenvalue weighted by atomic mass is 9.45. The van der Waals surface area contributed by atoms with E-state index >= 15 is 0 Å². The van der Waals surface area contributed by atoms with E-state index in [2.05, 4.69) is 20.8 Å². The Balaban J connectivity index is 1.52. The van der Waals surface area contributed by atoms with E-state index in [1.807, 2.05) is 19.9 Å². The standard InChI is InChI=1S/C27H44O3/c1-17(7-6-12-25(2,3)30)20-8-9-21-24-22(11-14-27(20,21)5)26(4)13-10-19(28)15-18(26)16-23(24)29/h15,17,20-24,29-30H,6-14,16H2,1-5H3/t17-,20-,21+,22+,23+,24+,26+,27-/m1/s1. The summed E-state index contributed by atoms with van der Waals surface area (Å²) in [7, 11) is 0. The Morgan fingerprint density at radius 3 is 2.60 bits per heavy atom. The second-order valence-corrected chi connectivity index (χ2v) is 12.5. The minimum absolute atomic E-state index is 0.121. The van der Waals surface area contributed by atoms with Crippen LogP contribution in [0, 0.1) is 40.4 Å². The molecule has 0 aromatic heterocycles. The molecule has 3 heteroatoms. The molecule has 0 amide bonds. The van der Waals surface area contributed by atoms with Gasteiger partial charge in [0.15, 0.2) is 5.78 Å². The first-order valence-electron chi connectivity index (χ1n) is 12.6. The van der Waals surface area contributed by atoms with E-state index < -0.39 is 5.60 Å². The molecule has 0 aromatic carbocycles. The van der Waals surface area contributed by atoms with Crippen LogP contribution in [0.3, 0.4) is 0 Å². The first kappa shape index (κ1) is 22.5. The third-order valence-electron chi connectivity index (χ3n) is 10.2. The van der Waals surface area contributed by atoms with Gasteiger partial charge in [-0.3, -0.25) is 4.79 Å². The fourth-order valence-corrected chi connectivity index (χ4v) is 8.56. The number of ketones is 1. The lowest BCUT2D eigenvalue weighted by Gasteiger charge is -2.60. The summed E-state index contributed by atoms with van der Waals surface area (Å²) in [5.41, 5.74) is 1.13. The number of aliphatic hydroxyl groups excluding tert-OH is 1. The van der Waals surface area contributed by atoms with Crippen LogP contribution in [-0.4, -0.2) is 27.7 Å². The van der Waals surface area contributed by atoms with Gasteiger partial charge in [0.05, 0.1) is 11.7 Å². The van der Waals surface area contributed by atoms with Crippen LogP contribution in [0.1, 0.15) is 98.8 Å². The highest BCUT2D eigenvalue weighted by atomic mass is 16.3. The molecule has 2 N–H and O–H groups in total. The highest BCUT2D eigenvalue weighted by Gasteiger charge is 2.61. The number of fused-ring (bicyclic) bond motifs is 5. The number of hydrogen-bond acceptors (Lipinski definition) is 3. The van der Waals surface area contributed by atoms with Crippen molar-refractivity contribution in [2.75, 3.05) is 0 Å². The van der Waals surface area contributed by atoms with Gasteiger partial charge in [0.1, 0.15) is 0 Å². The topological polar surface area (TPSA) is 57.5 Å². The minimum atomic E-state index is -0.561. The van der Waals surface area contributed by atoms with Gasteiger partial charge < -0.3 is 10.2 Å². The quantitative estimate of drug-likeness (QED) is 0.606. The van der Waals surface area contributed by atoms with Crippen molar-refractivity contribution in [1.82, 2.24) is 0 Å². The largest absolute Gasteiger partial charge is 0.392 e. The molecule has 3 nitrogen and oxygen atoms in total. The summed E-state index contributed by atoms with van der Waals surface area (Å²) in [5.74, 6) is 3.21. The Hall–Kier alpha value is -0.670. The van der Waals surface area contributed by atoms with E-state index in [0.717, 1.165) is 25.2 Å². The number of carbonyl (C=O) groups is 1. The van der Waals surface area contributed by atoms with E-state index in [-0.39, 0.29) is 17.3 Å². The van der Waals surface area contributed by atoms with Crippen LogP contribution in [0.25, 0.3) is 0 Å². The normalized spacial score (nSPS) is 44.7. The molecule has 0 spiro atoms. The van der Waals surface area contributed by atoms with Crippen LogP contribution < -0.4 is 0 Å². The zero-order valence-corrected chi connectivity index (χ0v) is 19.9. The number of hydrogen-bond donors (Lipinski definition) is 2. The molecule has 4 rings (SSSR count). The maximum atomic E-state index is 12.1. The molecule has 0 aliphatic heterocycles. The number of rotatable bonds is 5. The smallest absolute Gasteiger partial charge is 0.155 e. The fourth-order valence-electron chi connectivity index (χ4n) is 8.56. The van der Waals surface area contributed by atoms with Gasteiger partial charge in [-0.2, -0.15) is 0 Å². The maximum absolute atomic E-state index is 12.1. The second kappa shape index (κ2) is 7.73. The molecule has 0 saturated heterocycles. The molecule has 0 unspecified atom stereocenters. The van der Waals surface area contributed by atoms with Crippen molar-refractivity contribution >= 4 is 5.78 Å². The second-order valence-electron chi connectivity index (χ2n) is 12.5. The van der Waals surface area contributed by atoms with E-state index in [1.54, 1.807) is 0 Å².